The Morgan fingerprint density at radius 1 is 1.37 bits per heavy atom. The van der Waals surface area contributed by atoms with Gasteiger partial charge in [-0.05, 0) is 56.5 Å². The molecule has 1 aromatic carbocycles. The summed E-state index contributed by atoms with van der Waals surface area (Å²) in [5, 5.41) is 2.49. The molecule has 1 N–H and O–H groups in total. The van der Waals surface area contributed by atoms with Gasteiger partial charge >= 0.3 is 0 Å². The normalized spacial score (nSPS) is 10.3. The molecule has 0 unspecified atom stereocenters. The van der Waals surface area contributed by atoms with Crippen molar-refractivity contribution >= 4 is 43.6 Å². The van der Waals surface area contributed by atoms with E-state index in [9.17, 15) is 9.18 Å². The van der Waals surface area contributed by atoms with E-state index in [4.69, 9.17) is 0 Å². The highest BCUT2D eigenvalue weighted by molar-refractivity contribution is 9.11. The quantitative estimate of drug-likeness (QED) is 0.853. The standard InChI is InChI=1S/C12H8Br2FN3O/c1-6-2-3-7(8(15)4-6)12(19)18-11-10(14)17-9(13)5-16-11/h2-5H,1H3,(H,16,18,19). The molecular formula is C12H8Br2FN3O. The lowest BCUT2D eigenvalue weighted by Crippen LogP contribution is -2.15. The fraction of sp³-hybridized carbons (Fsp3) is 0.0833. The first-order valence-corrected chi connectivity index (χ1v) is 6.81. The van der Waals surface area contributed by atoms with Gasteiger partial charge in [-0.3, -0.25) is 4.79 Å². The maximum atomic E-state index is 13.7. The molecule has 0 radical (unpaired) electrons. The molecule has 0 saturated carbocycles. The summed E-state index contributed by atoms with van der Waals surface area (Å²) in [4.78, 5) is 19.9. The number of hydrogen-bond acceptors (Lipinski definition) is 3. The number of carbonyl (C=O) groups is 1. The Morgan fingerprint density at radius 2 is 2.11 bits per heavy atom. The van der Waals surface area contributed by atoms with Crippen molar-refractivity contribution < 1.29 is 9.18 Å². The second kappa shape index (κ2) is 5.75. The number of amides is 1. The van der Waals surface area contributed by atoms with Crippen LogP contribution in [0, 0.1) is 12.7 Å². The summed E-state index contributed by atoms with van der Waals surface area (Å²) < 4.78 is 14.5. The molecule has 0 fully saturated rings. The number of nitrogens with one attached hydrogen (secondary N) is 1. The zero-order valence-corrected chi connectivity index (χ0v) is 12.9. The zero-order valence-electron chi connectivity index (χ0n) is 9.75. The van der Waals surface area contributed by atoms with E-state index in [-0.39, 0.29) is 11.4 Å². The van der Waals surface area contributed by atoms with Gasteiger partial charge in [0.15, 0.2) is 5.82 Å². The molecule has 7 heteroatoms. The molecule has 0 atom stereocenters. The smallest absolute Gasteiger partial charge is 0.259 e. The minimum absolute atomic E-state index is 0.0396. The average Bonchev–Trinajstić information content (AvgIpc) is 2.32. The maximum absolute atomic E-state index is 13.7. The lowest BCUT2D eigenvalue weighted by molar-refractivity contribution is 0.102. The third-order valence-electron chi connectivity index (χ3n) is 2.30. The summed E-state index contributed by atoms with van der Waals surface area (Å²) in [6, 6.07) is 4.40. The molecule has 0 saturated heterocycles. The molecule has 0 spiro atoms. The van der Waals surface area contributed by atoms with E-state index in [2.05, 4.69) is 47.1 Å². The lowest BCUT2D eigenvalue weighted by atomic mass is 10.1. The van der Waals surface area contributed by atoms with Crippen molar-refractivity contribution in [2.24, 2.45) is 0 Å². The van der Waals surface area contributed by atoms with Gasteiger partial charge in [0.25, 0.3) is 5.91 Å². The number of rotatable bonds is 2. The van der Waals surface area contributed by atoms with Crippen LogP contribution in [0.15, 0.2) is 33.6 Å². The van der Waals surface area contributed by atoms with Gasteiger partial charge in [-0.15, -0.1) is 0 Å². The van der Waals surface area contributed by atoms with Gasteiger partial charge in [-0.2, -0.15) is 0 Å². The van der Waals surface area contributed by atoms with Crippen molar-refractivity contribution in [2.75, 3.05) is 5.32 Å². The number of anilines is 1. The van der Waals surface area contributed by atoms with Crippen LogP contribution in [0.25, 0.3) is 0 Å². The molecule has 0 bridgehead atoms. The number of hydrogen-bond donors (Lipinski definition) is 1. The summed E-state index contributed by atoms with van der Waals surface area (Å²) in [7, 11) is 0. The minimum Gasteiger partial charge on any atom is -0.304 e. The Balaban J connectivity index is 2.25. The van der Waals surface area contributed by atoms with Crippen molar-refractivity contribution in [2.45, 2.75) is 6.92 Å². The second-order valence-corrected chi connectivity index (χ2v) is 5.33. The summed E-state index contributed by atoms with van der Waals surface area (Å²) in [6.45, 7) is 1.75. The van der Waals surface area contributed by atoms with Crippen LogP contribution >= 0.6 is 31.9 Å². The van der Waals surface area contributed by atoms with Crippen LogP contribution in [0.2, 0.25) is 0 Å². The van der Waals surface area contributed by atoms with E-state index in [1.54, 1.807) is 13.0 Å². The zero-order chi connectivity index (χ0) is 14.0. The Morgan fingerprint density at radius 3 is 2.74 bits per heavy atom. The predicted molar refractivity (Wildman–Crippen MR) is 76.5 cm³/mol. The molecule has 0 aliphatic carbocycles. The summed E-state index contributed by atoms with van der Waals surface area (Å²) in [6.07, 6.45) is 1.44. The number of aromatic nitrogens is 2. The van der Waals surface area contributed by atoms with Crippen molar-refractivity contribution in [1.82, 2.24) is 9.97 Å². The Hall–Kier alpha value is -1.34. The summed E-state index contributed by atoms with van der Waals surface area (Å²) in [5.74, 6) is -0.915. The van der Waals surface area contributed by atoms with E-state index < -0.39 is 11.7 Å². The number of carbonyl (C=O) groups excluding carboxylic acids is 1. The molecule has 4 nitrogen and oxygen atoms in total. The van der Waals surface area contributed by atoms with Crippen molar-refractivity contribution in [3.8, 4) is 0 Å². The second-order valence-electron chi connectivity index (χ2n) is 3.77. The van der Waals surface area contributed by atoms with Crippen LogP contribution in [0.3, 0.4) is 0 Å². The van der Waals surface area contributed by atoms with Crippen LogP contribution in [0.5, 0.6) is 0 Å². The monoisotopic (exact) mass is 387 g/mol. The Labute approximate surface area is 125 Å². The van der Waals surface area contributed by atoms with E-state index in [1.807, 2.05) is 0 Å². The van der Waals surface area contributed by atoms with Gasteiger partial charge in [-0.25, -0.2) is 14.4 Å². The molecule has 98 valence electrons. The summed E-state index contributed by atoms with van der Waals surface area (Å²) >= 11 is 6.32. The average molecular weight is 389 g/mol. The topological polar surface area (TPSA) is 54.9 Å². The molecule has 19 heavy (non-hydrogen) atoms. The maximum Gasteiger partial charge on any atom is 0.259 e. The molecule has 1 amide bonds. The third kappa shape index (κ3) is 3.36. The Bertz CT molecular complexity index is 649. The first-order chi connectivity index (χ1) is 8.97. The van der Waals surface area contributed by atoms with Crippen LogP contribution in [-0.4, -0.2) is 15.9 Å². The number of benzene rings is 1. The number of halogens is 3. The lowest BCUT2D eigenvalue weighted by Gasteiger charge is -2.07. The first-order valence-electron chi connectivity index (χ1n) is 5.23. The SMILES string of the molecule is Cc1ccc(C(=O)Nc2ncc(Br)nc2Br)c(F)c1. The minimum atomic E-state index is -0.574. The number of nitrogens with zero attached hydrogens (tertiary/aromatic N) is 2. The predicted octanol–water partition coefficient (Wildman–Crippen LogP) is 3.70. The third-order valence-corrected chi connectivity index (χ3v) is 3.24. The van der Waals surface area contributed by atoms with Crippen molar-refractivity contribution in [3.05, 3.63) is 50.5 Å². The summed E-state index contributed by atoms with van der Waals surface area (Å²) in [5.41, 5.74) is 0.709. The van der Waals surface area contributed by atoms with Crippen molar-refractivity contribution in [1.29, 1.82) is 0 Å². The highest BCUT2D eigenvalue weighted by Gasteiger charge is 2.14. The molecule has 0 aliphatic rings. The first kappa shape index (κ1) is 14.1. The van der Waals surface area contributed by atoms with Crippen LogP contribution in [0.1, 0.15) is 15.9 Å². The van der Waals surface area contributed by atoms with E-state index in [0.717, 1.165) is 5.56 Å². The van der Waals surface area contributed by atoms with Gasteiger partial charge in [0.1, 0.15) is 15.0 Å². The van der Waals surface area contributed by atoms with Gasteiger partial charge in [0.2, 0.25) is 0 Å². The molecular weight excluding hydrogens is 381 g/mol. The van der Waals surface area contributed by atoms with Crippen LogP contribution < -0.4 is 5.32 Å². The largest absolute Gasteiger partial charge is 0.304 e. The number of aryl methyl sites for hydroxylation is 1. The van der Waals surface area contributed by atoms with Gasteiger partial charge < -0.3 is 5.32 Å². The van der Waals surface area contributed by atoms with Crippen LogP contribution in [-0.2, 0) is 0 Å². The van der Waals surface area contributed by atoms with Gasteiger partial charge in [-0.1, -0.05) is 6.07 Å². The molecule has 1 heterocycles. The molecule has 2 rings (SSSR count). The van der Waals surface area contributed by atoms with Gasteiger partial charge in [0, 0.05) is 0 Å². The fourth-order valence-electron chi connectivity index (χ4n) is 1.41. The van der Waals surface area contributed by atoms with Crippen molar-refractivity contribution in [3.63, 3.8) is 0 Å². The molecule has 2 aromatic rings. The van der Waals surface area contributed by atoms with E-state index in [0.29, 0.717) is 9.21 Å². The molecule has 0 aliphatic heterocycles. The Kier molecular flexibility index (Phi) is 4.26. The van der Waals surface area contributed by atoms with Gasteiger partial charge in [0.05, 0.1) is 11.8 Å². The fourth-order valence-corrected chi connectivity index (χ4v) is 2.32. The van der Waals surface area contributed by atoms with E-state index >= 15 is 0 Å². The van der Waals surface area contributed by atoms with E-state index in [1.165, 1.54) is 18.3 Å². The molecule has 1 aromatic heterocycles. The highest BCUT2D eigenvalue weighted by Crippen LogP contribution is 2.20. The highest BCUT2D eigenvalue weighted by atomic mass is 79.9. The van der Waals surface area contributed by atoms with Crippen LogP contribution in [0.4, 0.5) is 10.2 Å².